The number of thiophene rings is 1. The number of benzene rings is 3. The number of carboxylic acids is 1. The SMILES string of the molecule is CCn1c(=O)/c(=C2C=C(/C=C3\Sc4ccc(-c5cccs5)cc4N3CC(=O)O)CC(c3ccccc3)C\2)s/c1=C/C=C/c1sc2cc(OC)c(OC)cc2[n+]1CC. The topological polar surface area (TPSA) is 84.9 Å². The van der Waals surface area contributed by atoms with E-state index in [0.717, 1.165) is 81.0 Å². The number of fused-ring (bicyclic) bond motifs is 2. The zero-order valence-corrected chi connectivity index (χ0v) is 35.3. The number of aryl methyl sites for hydroxylation is 1. The molecule has 0 spiro atoms. The molecule has 1 aliphatic heterocycles. The molecule has 0 saturated carbocycles. The number of methoxy groups -OCH3 is 2. The molecule has 8 rings (SSSR count). The molecule has 3 aromatic carbocycles. The number of thioether (sulfide) groups is 1. The van der Waals surface area contributed by atoms with Gasteiger partial charge in [0.1, 0.15) is 17.8 Å². The van der Waals surface area contributed by atoms with Gasteiger partial charge in [0.25, 0.3) is 10.6 Å². The van der Waals surface area contributed by atoms with E-state index in [1.165, 1.54) is 16.9 Å². The second-order valence-electron chi connectivity index (χ2n) is 13.7. The first-order valence-corrected chi connectivity index (χ1v) is 22.1. The molecular weight excluding hydrogens is 791 g/mol. The summed E-state index contributed by atoms with van der Waals surface area (Å²) in [5, 5.41) is 14.0. The van der Waals surface area contributed by atoms with Crippen molar-refractivity contribution in [2.24, 2.45) is 0 Å². The van der Waals surface area contributed by atoms with E-state index in [4.69, 9.17) is 9.47 Å². The molecule has 0 bridgehead atoms. The number of allylic oxidation sites excluding steroid dienone is 4. The maximum absolute atomic E-state index is 14.2. The summed E-state index contributed by atoms with van der Waals surface area (Å²) in [6.45, 7) is 5.33. The number of anilines is 1. The third-order valence-corrected chi connectivity index (χ3v) is 14.6. The Kier molecular flexibility index (Phi) is 11.4. The van der Waals surface area contributed by atoms with Crippen LogP contribution in [0.1, 0.15) is 43.2 Å². The van der Waals surface area contributed by atoms with Gasteiger partial charge >= 0.3 is 5.97 Å². The zero-order chi connectivity index (χ0) is 39.6. The first kappa shape index (κ1) is 38.7. The molecule has 0 saturated heterocycles. The number of carboxylic acid groups (broad SMARTS) is 1. The molecule has 1 N–H and O–H groups in total. The average Bonchev–Trinajstić information content (AvgIpc) is 4.02. The second-order valence-corrected chi connectivity index (χ2v) is 17.8. The van der Waals surface area contributed by atoms with Gasteiger partial charge in [-0.1, -0.05) is 77.7 Å². The molecule has 1 unspecified atom stereocenters. The van der Waals surface area contributed by atoms with E-state index >= 15 is 0 Å². The van der Waals surface area contributed by atoms with Crippen molar-refractivity contribution in [3.63, 3.8) is 0 Å². The molecule has 0 amide bonds. The number of nitrogens with zero attached hydrogens (tertiary/aromatic N) is 3. The molecule has 3 aromatic heterocycles. The number of thiazole rings is 2. The summed E-state index contributed by atoms with van der Waals surface area (Å²) < 4.78 is 18.0. The standard InChI is InChI=1S/C45H41N3O5S4/c1-5-46-34-25-35(52-3)36(53-4)26-39(34)56-40(46)15-10-16-41-47(6-2)45(51)44(57-41)32-21-28(20-31(23-32)29-12-8-7-9-13-29)22-42-48(27-43(49)50)33-24-30(17-18-38(33)55-42)37-14-11-19-54-37/h7-19,21-22,24-26,31H,5-6,20,23,27H2,1-4H3/p+1/b42-22-,44-32-. The Labute approximate surface area is 347 Å². The lowest BCUT2D eigenvalue weighted by Gasteiger charge is -2.25. The van der Waals surface area contributed by atoms with Gasteiger partial charge in [0.05, 0.1) is 40.2 Å². The first-order chi connectivity index (χ1) is 27.8. The largest absolute Gasteiger partial charge is 0.493 e. The molecule has 4 heterocycles. The number of hydrogen-bond acceptors (Lipinski definition) is 9. The summed E-state index contributed by atoms with van der Waals surface area (Å²) in [5.41, 5.74) is 6.35. The van der Waals surface area contributed by atoms with Crippen LogP contribution >= 0.6 is 45.8 Å². The summed E-state index contributed by atoms with van der Waals surface area (Å²) in [7, 11) is 3.30. The fraction of sp³-hybridized carbons (Fsp3) is 0.222. The number of carbonyl (C=O) groups is 1. The van der Waals surface area contributed by atoms with Crippen LogP contribution in [0.5, 0.6) is 11.5 Å². The van der Waals surface area contributed by atoms with Crippen molar-refractivity contribution in [2.45, 2.75) is 50.6 Å². The lowest BCUT2D eigenvalue weighted by Crippen LogP contribution is -2.33. The van der Waals surface area contributed by atoms with Gasteiger partial charge in [-0.25, -0.2) is 0 Å². The van der Waals surface area contributed by atoms with E-state index in [0.29, 0.717) is 18.0 Å². The normalized spacial score (nSPS) is 17.5. The first-order valence-electron chi connectivity index (χ1n) is 18.8. The molecule has 12 heteroatoms. The third kappa shape index (κ3) is 7.79. The van der Waals surface area contributed by atoms with E-state index < -0.39 is 5.97 Å². The van der Waals surface area contributed by atoms with E-state index in [1.807, 2.05) is 52.8 Å². The monoisotopic (exact) mass is 832 g/mol. The molecule has 0 fully saturated rings. The highest BCUT2D eigenvalue weighted by molar-refractivity contribution is 8.03. The fourth-order valence-electron chi connectivity index (χ4n) is 7.59. The number of ether oxygens (including phenoxy) is 2. The van der Waals surface area contributed by atoms with Crippen LogP contribution in [-0.2, 0) is 17.9 Å². The van der Waals surface area contributed by atoms with Crippen LogP contribution in [0.2, 0.25) is 0 Å². The third-order valence-electron chi connectivity index (χ3n) is 10.3. The van der Waals surface area contributed by atoms with E-state index in [-0.39, 0.29) is 18.0 Å². The molecule has 6 aromatic rings. The van der Waals surface area contributed by atoms with Gasteiger partial charge in [0.2, 0.25) is 5.52 Å². The molecular formula is C45H42N3O5S4+. The van der Waals surface area contributed by atoms with Crippen LogP contribution in [0.15, 0.2) is 117 Å². The summed E-state index contributed by atoms with van der Waals surface area (Å²) in [6.07, 6.45) is 12.0. The van der Waals surface area contributed by atoms with Crippen molar-refractivity contribution in [1.82, 2.24) is 4.57 Å². The second kappa shape index (κ2) is 16.8. The van der Waals surface area contributed by atoms with Crippen LogP contribution in [0.25, 0.3) is 38.4 Å². The predicted octanol–water partition coefficient (Wildman–Crippen LogP) is 8.88. The molecule has 1 aliphatic carbocycles. The Morgan fingerprint density at radius 1 is 0.982 bits per heavy atom. The van der Waals surface area contributed by atoms with E-state index in [1.54, 1.807) is 48.7 Å². The number of rotatable bonds is 11. The minimum absolute atomic E-state index is 0.00930. The Morgan fingerprint density at radius 3 is 2.51 bits per heavy atom. The maximum atomic E-state index is 14.2. The average molecular weight is 833 g/mol. The number of aromatic nitrogens is 2. The summed E-state index contributed by atoms with van der Waals surface area (Å²) in [6, 6.07) is 24.9. The van der Waals surface area contributed by atoms with Crippen LogP contribution in [0, 0.1) is 0 Å². The predicted molar refractivity (Wildman–Crippen MR) is 236 cm³/mol. The summed E-state index contributed by atoms with van der Waals surface area (Å²) in [5.74, 6) is 0.660. The molecule has 1 atom stereocenters. The molecule has 2 aliphatic rings. The van der Waals surface area contributed by atoms with Gasteiger partial charge in [-0.2, -0.15) is 4.57 Å². The Bertz CT molecular complexity index is 2760. The van der Waals surface area contributed by atoms with Crippen LogP contribution in [0.3, 0.4) is 0 Å². The molecule has 57 heavy (non-hydrogen) atoms. The van der Waals surface area contributed by atoms with Crippen molar-refractivity contribution in [2.75, 3.05) is 25.7 Å². The zero-order valence-electron chi connectivity index (χ0n) is 32.1. The van der Waals surface area contributed by atoms with Crippen LogP contribution in [-0.4, -0.2) is 36.4 Å². The van der Waals surface area contributed by atoms with Crippen molar-refractivity contribution < 1.29 is 23.9 Å². The highest BCUT2D eigenvalue weighted by atomic mass is 32.2. The Morgan fingerprint density at radius 2 is 1.79 bits per heavy atom. The van der Waals surface area contributed by atoms with Gasteiger partial charge in [-0.3, -0.25) is 14.2 Å². The highest BCUT2D eigenvalue weighted by Crippen LogP contribution is 2.49. The molecule has 290 valence electrons. The van der Waals surface area contributed by atoms with Gasteiger partial charge in [-0.05, 0) is 90.6 Å². The minimum atomic E-state index is -0.892. The lowest BCUT2D eigenvalue weighted by atomic mass is 9.81. The molecule has 8 nitrogen and oxygen atoms in total. The molecule has 0 radical (unpaired) electrons. The van der Waals surface area contributed by atoms with Gasteiger partial charge in [0.15, 0.2) is 11.5 Å². The van der Waals surface area contributed by atoms with E-state index in [9.17, 15) is 14.7 Å². The van der Waals surface area contributed by atoms with Crippen molar-refractivity contribution in [1.29, 1.82) is 0 Å². The van der Waals surface area contributed by atoms with Crippen molar-refractivity contribution in [3.8, 4) is 21.9 Å². The van der Waals surface area contributed by atoms with E-state index in [2.05, 4.69) is 83.6 Å². The van der Waals surface area contributed by atoms with Gasteiger partial charge in [0, 0.05) is 28.5 Å². The van der Waals surface area contributed by atoms with Crippen molar-refractivity contribution >= 4 is 85.4 Å². The minimum Gasteiger partial charge on any atom is -0.493 e. The quantitative estimate of drug-likeness (QED) is 0.131. The van der Waals surface area contributed by atoms with Gasteiger partial charge < -0.3 is 19.5 Å². The highest BCUT2D eigenvalue weighted by Gasteiger charge is 2.29. The number of hydrogen-bond donors (Lipinski definition) is 1. The fourth-order valence-corrected chi connectivity index (χ4v) is 11.7. The maximum Gasteiger partial charge on any atom is 0.323 e. The van der Waals surface area contributed by atoms with Gasteiger partial charge in [-0.15, -0.1) is 22.7 Å². The number of aliphatic carboxylic acids is 1. The Balaban J connectivity index is 1.20. The lowest BCUT2D eigenvalue weighted by molar-refractivity contribution is -0.665. The summed E-state index contributed by atoms with van der Waals surface area (Å²) in [4.78, 5) is 30.5. The van der Waals surface area contributed by atoms with Crippen LogP contribution in [0.4, 0.5) is 5.69 Å². The Hall–Kier alpha value is -5.14. The summed E-state index contributed by atoms with van der Waals surface area (Å²) >= 11 is 6.48. The smallest absolute Gasteiger partial charge is 0.323 e. The van der Waals surface area contributed by atoms with Crippen LogP contribution < -0.4 is 33.7 Å². The van der Waals surface area contributed by atoms with Crippen molar-refractivity contribution in [3.05, 3.63) is 137 Å².